The number of fused-ring (bicyclic) bond motifs is 1. The van der Waals surface area contributed by atoms with Crippen LogP contribution in [0.15, 0.2) is 35.1 Å². The molecule has 34 heavy (non-hydrogen) atoms. The minimum absolute atomic E-state index is 0.0651. The fourth-order valence-corrected chi connectivity index (χ4v) is 6.73. The zero-order valence-electron chi connectivity index (χ0n) is 20.4. The lowest BCUT2D eigenvalue weighted by Gasteiger charge is -2.58. The van der Waals surface area contributed by atoms with Crippen molar-refractivity contribution in [1.29, 1.82) is 0 Å². The van der Waals surface area contributed by atoms with Crippen LogP contribution in [0.4, 0.5) is 0 Å². The predicted octanol–water partition coefficient (Wildman–Crippen LogP) is 2.11. The quantitative estimate of drug-likeness (QED) is 0.269. The van der Waals surface area contributed by atoms with Gasteiger partial charge in [0.15, 0.2) is 6.29 Å². The van der Waals surface area contributed by atoms with Crippen LogP contribution in [0.25, 0.3) is 0 Å². The van der Waals surface area contributed by atoms with Crippen molar-refractivity contribution in [2.45, 2.75) is 96.6 Å². The number of carbonyl (C=O) groups excluding carboxylic acids is 1. The normalized spacial score (nSPS) is 43.2. The first-order chi connectivity index (χ1) is 16.0. The molecule has 4 aliphatic rings. The number of carbonyl (C=O) groups is 1. The zero-order chi connectivity index (χ0) is 24.8. The van der Waals surface area contributed by atoms with E-state index in [1.807, 2.05) is 6.08 Å². The molecule has 8 heteroatoms. The van der Waals surface area contributed by atoms with E-state index in [4.69, 9.17) is 14.2 Å². The van der Waals surface area contributed by atoms with Crippen LogP contribution in [0.3, 0.4) is 0 Å². The van der Waals surface area contributed by atoms with Crippen molar-refractivity contribution in [3.8, 4) is 0 Å². The van der Waals surface area contributed by atoms with E-state index in [0.29, 0.717) is 17.9 Å². The number of rotatable bonds is 5. The van der Waals surface area contributed by atoms with Gasteiger partial charge in [0, 0.05) is 0 Å². The van der Waals surface area contributed by atoms with E-state index in [-0.39, 0.29) is 22.9 Å². The third-order valence-electron chi connectivity index (χ3n) is 8.77. The Morgan fingerprint density at radius 3 is 2.53 bits per heavy atom. The Balaban J connectivity index is 1.53. The highest BCUT2D eigenvalue weighted by Crippen LogP contribution is 2.61. The Morgan fingerprint density at radius 1 is 1.15 bits per heavy atom. The maximum atomic E-state index is 11.9. The van der Waals surface area contributed by atoms with Gasteiger partial charge in [0.25, 0.3) is 0 Å². The molecule has 190 valence electrons. The minimum Gasteiger partial charge on any atom is -0.431 e. The fraction of sp³-hybridized carbons (Fsp3) is 0.731. The summed E-state index contributed by atoms with van der Waals surface area (Å²) in [7, 11) is 0. The van der Waals surface area contributed by atoms with Gasteiger partial charge in [-0.3, -0.25) is 0 Å². The molecule has 1 saturated carbocycles. The Bertz CT molecular complexity index is 887. The molecule has 8 nitrogen and oxygen atoms in total. The van der Waals surface area contributed by atoms with Crippen LogP contribution in [0.2, 0.25) is 0 Å². The summed E-state index contributed by atoms with van der Waals surface area (Å²) >= 11 is 0. The number of hydrogen-bond acceptors (Lipinski definition) is 8. The summed E-state index contributed by atoms with van der Waals surface area (Å²) in [5, 5.41) is 40.2. The zero-order valence-corrected chi connectivity index (χ0v) is 20.4. The molecule has 2 aliphatic carbocycles. The van der Waals surface area contributed by atoms with E-state index in [1.165, 1.54) is 17.4 Å². The third-order valence-corrected chi connectivity index (χ3v) is 8.77. The van der Waals surface area contributed by atoms with Gasteiger partial charge in [-0.2, -0.15) is 0 Å². The van der Waals surface area contributed by atoms with Crippen LogP contribution in [-0.4, -0.2) is 69.8 Å². The Morgan fingerprint density at radius 2 is 1.88 bits per heavy atom. The van der Waals surface area contributed by atoms with Gasteiger partial charge in [0.1, 0.15) is 24.4 Å². The molecule has 0 bridgehead atoms. The molecule has 0 amide bonds. The molecule has 2 fully saturated rings. The summed E-state index contributed by atoms with van der Waals surface area (Å²) in [4.78, 5) is 11.9. The van der Waals surface area contributed by atoms with Crippen molar-refractivity contribution >= 4 is 5.97 Å². The van der Waals surface area contributed by atoms with Gasteiger partial charge in [-0.1, -0.05) is 38.0 Å². The van der Waals surface area contributed by atoms with E-state index >= 15 is 0 Å². The van der Waals surface area contributed by atoms with Gasteiger partial charge in [0.05, 0.1) is 24.5 Å². The molecule has 0 aromatic heterocycles. The lowest BCUT2D eigenvalue weighted by Crippen LogP contribution is -2.61. The fourth-order valence-electron chi connectivity index (χ4n) is 6.73. The lowest BCUT2D eigenvalue weighted by molar-refractivity contribution is -0.325. The van der Waals surface area contributed by atoms with Crippen molar-refractivity contribution in [1.82, 2.24) is 0 Å². The van der Waals surface area contributed by atoms with E-state index in [2.05, 4.69) is 27.7 Å². The van der Waals surface area contributed by atoms with Crippen molar-refractivity contribution < 1.29 is 39.4 Å². The molecule has 1 saturated heterocycles. The van der Waals surface area contributed by atoms with Gasteiger partial charge in [-0.15, -0.1) is 0 Å². The molecule has 0 aromatic carbocycles. The smallest absolute Gasteiger partial charge is 0.342 e. The number of aliphatic hydroxyl groups excluding tert-OH is 4. The van der Waals surface area contributed by atoms with E-state index < -0.39 is 37.3 Å². The van der Waals surface area contributed by atoms with Crippen molar-refractivity contribution in [2.24, 2.45) is 16.7 Å². The van der Waals surface area contributed by atoms with Crippen LogP contribution < -0.4 is 0 Å². The van der Waals surface area contributed by atoms with Crippen LogP contribution in [0, 0.1) is 16.7 Å². The summed E-state index contributed by atoms with van der Waals surface area (Å²) in [6, 6.07) is 0. The van der Waals surface area contributed by atoms with Gasteiger partial charge in [0.2, 0.25) is 0 Å². The summed E-state index contributed by atoms with van der Waals surface area (Å²) in [6.45, 7) is 8.37. The van der Waals surface area contributed by atoms with Gasteiger partial charge in [-0.05, 0) is 61.9 Å². The highest BCUT2D eigenvalue weighted by Gasteiger charge is 2.56. The molecule has 2 heterocycles. The topological polar surface area (TPSA) is 126 Å². The summed E-state index contributed by atoms with van der Waals surface area (Å²) in [5.41, 5.74) is 2.99. The summed E-state index contributed by atoms with van der Waals surface area (Å²) < 4.78 is 16.8. The van der Waals surface area contributed by atoms with E-state index in [0.717, 1.165) is 25.7 Å². The molecule has 8 atom stereocenters. The first-order valence-corrected chi connectivity index (χ1v) is 12.2. The van der Waals surface area contributed by atoms with Gasteiger partial charge < -0.3 is 34.6 Å². The average Bonchev–Trinajstić information content (AvgIpc) is 3.19. The summed E-state index contributed by atoms with van der Waals surface area (Å²) in [6.07, 6.45) is 2.73. The SMILES string of the molecule is CC1=C(C/C=C2\C=COC2=O)[C@@]2(C)CC[C@H](O[C@@H]3O[C@H](CO)[C@@H](O)[C@H](O)[C@H]3O)C(C)(C)[C@H]2CC1. The largest absolute Gasteiger partial charge is 0.431 e. The number of esters is 1. The minimum atomic E-state index is -1.45. The monoisotopic (exact) mass is 478 g/mol. The van der Waals surface area contributed by atoms with Gasteiger partial charge in [-0.25, -0.2) is 4.79 Å². The van der Waals surface area contributed by atoms with Crippen molar-refractivity contribution in [3.05, 3.63) is 35.1 Å². The second-order valence-electron chi connectivity index (χ2n) is 11.0. The number of cyclic esters (lactones) is 1. The van der Waals surface area contributed by atoms with Gasteiger partial charge >= 0.3 is 5.97 Å². The van der Waals surface area contributed by atoms with E-state index in [9.17, 15) is 25.2 Å². The second-order valence-corrected chi connectivity index (χ2v) is 11.0. The first kappa shape index (κ1) is 25.5. The molecular weight excluding hydrogens is 440 g/mol. The number of hydrogen-bond donors (Lipinski definition) is 4. The number of aliphatic hydroxyl groups is 4. The molecular formula is C26H38O8. The van der Waals surface area contributed by atoms with E-state index in [1.54, 1.807) is 6.08 Å². The van der Waals surface area contributed by atoms with Crippen LogP contribution in [0.5, 0.6) is 0 Å². The van der Waals surface area contributed by atoms with Crippen LogP contribution in [0.1, 0.15) is 59.8 Å². The highest BCUT2D eigenvalue weighted by atomic mass is 16.7. The molecule has 2 aliphatic heterocycles. The molecule has 4 N–H and O–H groups in total. The maximum Gasteiger partial charge on any atom is 0.342 e. The first-order valence-electron chi connectivity index (χ1n) is 12.2. The number of ether oxygens (including phenoxy) is 3. The standard InChI is InChI=1S/C26H38O8/c1-14-5-8-18-25(2,3)19(34-24-22(30)21(29)20(28)17(13-27)33-24)9-11-26(18,4)16(14)7-6-15-10-12-32-23(15)31/h6,10,12,17-22,24,27-30H,5,7-9,11,13H2,1-4H3/b15-6+/t17-,18-,19+,20-,21+,22-,24+,26-/m1/s1. The number of allylic oxidation sites excluding steroid dienone is 3. The molecule has 0 radical (unpaired) electrons. The average molecular weight is 479 g/mol. The Kier molecular flexibility index (Phi) is 7.12. The lowest BCUT2D eigenvalue weighted by atomic mass is 9.49. The second kappa shape index (κ2) is 9.48. The molecule has 0 aromatic rings. The van der Waals surface area contributed by atoms with Crippen molar-refractivity contribution in [3.63, 3.8) is 0 Å². The Labute approximate surface area is 200 Å². The van der Waals surface area contributed by atoms with Crippen molar-refractivity contribution in [2.75, 3.05) is 6.61 Å². The highest BCUT2D eigenvalue weighted by molar-refractivity contribution is 5.94. The third kappa shape index (κ3) is 4.29. The Hall–Kier alpha value is -1.55. The van der Waals surface area contributed by atoms with Crippen LogP contribution in [-0.2, 0) is 19.0 Å². The summed E-state index contributed by atoms with van der Waals surface area (Å²) in [5.74, 6) is -0.0143. The van der Waals surface area contributed by atoms with Crippen LogP contribution >= 0.6 is 0 Å². The maximum absolute atomic E-state index is 11.9. The predicted molar refractivity (Wildman–Crippen MR) is 123 cm³/mol. The molecule has 0 unspecified atom stereocenters. The molecule has 0 spiro atoms. The molecule has 4 rings (SSSR count).